The number of aliphatic hydroxyl groups excluding tert-OH is 1. The Morgan fingerprint density at radius 3 is 1.45 bits per heavy atom. The normalized spacial score (nSPS) is 12.3. The zero-order valence-corrected chi connectivity index (χ0v) is 27.3. The van der Waals surface area contributed by atoms with Crippen molar-refractivity contribution in [1.82, 2.24) is 0 Å². The molecule has 0 unspecified atom stereocenters. The number of carbonyl (C=O) groups excluding carboxylic acids is 3. The number of esters is 2. The van der Waals surface area contributed by atoms with E-state index in [0.29, 0.717) is 19.3 Å². The second kappa shape index (κ2) is 32.0. The molecule has 42 heavy (non-hydrogen) atoms. The van der Waals surface area contributed by atoms with Gasteiger partial charge in [-0.15, -0.1) is 0 Å². The number of ketones is 1. The van der Waals surface area contributed by atoms with Crippen LogP contribution in [0.4, 0.5) is 0 Å². The van der Waals surface area contributed by atoms with Crippen molar-refractivity contribution in [2.75, 3.05) is 13.2 Å². The van der Waals surface area contributed by atoms with Gasteiger partial charge in [0, 0.05) is 19.3 Å². The molecule has 6 nitrogen and oxygen atoms in total. The zero-order chi connectivity index (χ0) is 30.9. The van der Waals surface area contributed by atoms with E-state index in [1.807, 2.05) is 12.2 Å². The Hall–Kier alpha value is -1.95. The van der Waals surface area contributed by atoms with E-state index in [2.05, 4.69) is 19.9 Å². The monoisotopic (exact) mass is 592 g/mol. The molecule has 0 fully saturated rings. The number of carbonyl (C=O) groups is 3. The lowest BCUT2D eigenvalue weighted by atomic mass is 10.0. The van der Waals surface area contributed by atoms with E-state index < -0.39 is 6.10 Å². The van der Waals surface area contributed by atoms with Crippen molar-refractivity contribution >= 4 is 17.7 Å². The van der Waals surface area contributed by atoms with Gasteiger partial charge < -0.3 is 14.6 Å². The number of aliphatic hydroxyl groups is 1. The molecule has 0 radical (unpaired) electrons. The molecule has 0 bridgehead atoms. The smallest absolute Gasteiger partial charge is 0.305 e. The molecule has 0 heterocycles. The second-order valence-corrected chi connectivity index (χ2v) is 11.7. The summed E-state index contributed by atoms with van der Waals surface area (Å²) < 4.78 is 10.2. The molecule has 0 aliphatic rings. The van der Waals surface area contributed by atoms with Gasteiger partial charge >= 0.3 is 11.9 Å². The Bertz CT molecular complexity index is 699. The van der Waals surface area contributed by atoms with Crippen LogP contribution in [0, 0.1) is 0 Å². The van der Waals surface area contributed by atoms with Crippen molar-refractivity contribution in [1.29, 1.82) is 0 Å². The molecule has 0 aromatic rings. The molecule has 0 amide bonds. The summed E-state index contributed by atoms with van der Waals surface area (Å²) in [7, 11) is 0. The second-order valence-electron chi connectivity index (χ2n) is 11.7. The van der Waals surface area contributed by atoms with Crippen molar-refractivity contribution in [3.8, 4) is 0 Å². The van der Waals surface area contributed by atoms with Gasteiger partial charge in [0.05, 0.1) is 0 Å². The van der Waals surface area contributed by atoms with E-state index in [1.165, 1.54) is 57.8 Å². The summed E-state index contributed by atoms with van der Waals surface area (Å²) in [5, 5.41) is 9.96. The minimum absolute atomic E-state index is 0.135. The van der Waals surface area contributed by atoms with Crippen LogP contribution in [-0.2, 0) is 23.9 Å². The molecule has 6 heteroatoms. The maximum absolute atomic E-state index is 11.9. The van der Waals surface area contributed by atoms with Gasteiger partial charge in [0.2, 0.25) is 0 Å². The van der Waals surface area contributed by atoms with Gasteiger partial charge in [0.15, 0.2) is 5.78 Å². The number of unbranched alkanes of at least 4 members (excludes halogenated alkanes) is 18. The molecule has 1 N–H and O–H groups in total. The molecule has 1 atom stereocenters. The first-order valence-corrected chi connectivity index (χ1v) is 17.3. The number of hydrogen-bond acceptors (Lipinski definition) is 6. The lowest BCUT2D eigenvalue weighted by Gasteiger charge is -2.12. The molecule has 0 saturated carbocycles. The van der Waals surface area contributed by atoms with Crippen molar-refractivity contribution in [2.45, 2.75) is 174 Å². The van der Waals surface area contributed by atoms with Crippen LogP contribution in [0.2, 0.25) is 0 Å². The molecule has 0 spiro atoms. The Morgan fingerprint density at radius 2 is 0.952 bits per heavy atom. The van der Waals surface area contributed by atoms with Crippen LogP contribution in [0.1, 0.15) is 168 Å². The number of hydrogen-bond donors (Lipinski definition) is 1. The fourth-order valence-corrected chi connectivity index (χ4v) is 4.71. The average Bonchev–Trinajstić information content (AvgIpc) is 2.98. The molecule has 0 aliphatic heterocycles. The minimum atomic E-state index is -0.984. The van der Waals surface area contributed by atoms with Gasteiger partial charge in [-0.1, -0.05) is 135 Å². The topological polar surface area (TPSA) is 89.9 Å². The van der Waals surface area contributed by atoms with Gasteiger partial charge in [-0.05, 0) is 38.2 Å². The third-order valence-corrected chi connectivity index (χ3v) is 7.42. The molecule has 0 aromatic carbocycles. The third-order valence-electron chi connectivity index (χ3n) is 7.42. The molecule has 0 aromatic heterocycles. The molecule has 0 saturated heterocycles. The SMILES string of the molecule is CCCCCCCCCCCCCCC(=O)OC[C@@H](O)COC(=O)CCCCCCC/C=C\C=C\C(=O)CCCCC. The predicted octanol–water partition coefficient (Wildman–Crippen LogP) is 9.52. The first kappa shape index (κ1) is 40.1. The number of rotatable bonds is 31. The number of ether oxygens (including phenoxy) is 2. The van der Waals surface area contributed by atoms with Crippen LogP contribution in [0.5, 0.6) is 0 Å². The predicted molar refractivity (Wildman–Crippen MR) is 173 cm³/mol. The van der Waals surface area contributed by atoms with E-state index in [4.69, 9.17) is 9.47 Å². The molecule has 0 rings (SSSR count). The van der Waals surface area contributed by atoms with Gasteiger partial charge in [0.25, 0.3) is 0 Å². The van der Waals surface area contributed by atoms with E-state index in [9.17, 15) is 19.5 Å². The standard InChI is InChI=1S/C36H64O6/c1-3-5-7-8-9-10-11-12-15-18-21-25-29-35(39)41-31-34(38)32-42-36(40)30-26-22-19-16-13-14-17-20-24-28-33(37)27-23-6-4-2/h17,20,24,28,34,38H,3-16,18-19,21-23,25-27,29-32H2,1-2H3/b20-17-,28-24+/t34-/m1/s1. The summed E-state index contributed by atoms with van der Waals surface area (Å²) in [6.45, 7) is 4.10. The van der Waals surface area contributed by atoms with E-state index in [0.717, 1.165) is 77.0 Å². The van der Waals surface area contributed by atoms with Crippen LogP contribution < -0.4 is 0 Å². The first-order chi connectivity index (χ1) is 20.5. The molecular formula is C36H64O6. The quantitative estimate of drug-likeness (QED) is 0.0373. The lowest BCUT2D eigenvalue weighted by Crippen LogP contribution is -2.25. The maximum atomic E-state index is 11.9. The van der Waals surface area contributed by atoms with E-state index in [1.54, 1.807) is 6.08 Å². The van der Waals surface area contributed by atoms with Crippen molar-refractivity contribution < 1.29 is 29.0 Å². The Labute approximate surface area is 258 Å². The highest BCUT2D eigenvalue weighted by Gasteiger charge is 2.12. The number of allylic oxidation sites excluding steroid dienone is 4. The highest BCUT2D eigenvalue weighted by atomic mass is 16.6. The van der Waals surface area contributed by atoms with Crippen molar-refractivity contribution in [3.63, 3.8) is 0 Å². The summed E-state index contributed by atoms with van der Waals surface area (Å²) in [5.41, 5.74) is 0. The fourth-order valence-electron chi connectivity index (χ4n) is 4.71. The largest absolute Gasteiger partial charge is 0.463 e. The fraction of sp³-hybridized carbons (Fsp3) is 0.806. The van der Waals surface area contributed by atoms with Crippen LogP contribution in [-0.4, -0.2) is 42.1 Å². The lowest BCUT2D eigenvalue weighted by molar-refractivity contribution is -0.152. The summed E-state index contributed by atoms with van der Waals surface area (Å²) in [6.07, 6.45) is 32.0. The third kappa shape index (κ3) is 31.0. The molecular weight excluding hydrogens is 528 g/mol. The van der Waals surface area contributed by atoms with Crippen LogP contribution in [0.3, 0.4) is 0 Å². The Morgan fingerprint density at radius 1 is 0.548 bits per heavy atom. The zero-order valence-electron chi connectivity index (χ0n) is 27.3. The maximum Gasteiger partial charge on any atom is 0.305 e. The van der Waals surface area contributed by atoms with Crippen LogP contribution in [0.25, 0.3) is 0 Å². The summed E-state index contributed by atoms with van der Waals surface area (Å²) in [6, 6.07) is 0. The highest BCUT2D eigenvalue weighted by Crippen LogP contribution is 2.13. The van der Waals surface area contributed by atoms with Crippen molar-refractivity contribution in [2.24, 2.45) is 0 Å². The van der Waals surface area contributed by atoms with Gasteiger partial charge in [-0.3, -0.25) is 14.4 Å². The summed E-state index contributed by atoms with van der Waals surface area (Å²) in [5.74, 6) is -0.423. The first-order valence-electron chi connectivity index (χ1n) is 17.3. The van der Waals surface area contributed by atoms with Crippen molar-refractivity contribution in [3.05, 3.63) is 24.3 Å². The van der Waals surface area contributed by atoms with Gasteiger partial charge in [-0.2, -0.15) is 0 Å². The van der Waals surface area contributed by atoms with Crippen LogP contribution >= 0.6 is 0 Å². The Balaban J connectivity index is 3.52. The minimum Gasteiger partial charge on any atom is -0.463 e. The highest BCUT2D eigenvalue weighted by molar-refractivity contribution is 5.89. The van der Waals surface area contributed by atoms with Gasteiger partial charge in [0.1, 0.15) is 19.3 Å². The van der Waals surface area contributed by atoms with E-state index in [-0.39, 0.29) is 30.9 Å². The average molecular weight is 593 g/mol. The molecule has 0 aliphatic carbocycles. The van der Waals surface area contributed by atoms with Crippen LogP contribution in [0.15, 0.2) is 24.3 Å². The van der Waals surface area contributed by atoms with E-state index >= 15 is 0 Å². The summed E-state index contributed by atoms with van der Waals surface area (Å²) in [4.78, 5) is 35.4. The molecule has 244 valence electrons. The van der Waals surface area contributed by atoms with Gasteiger partial charge in [-0.25, -0.2) is 0 Å². The summed E-state index contributed by atoms with van der Waals surface area (Å²) >= 11 is 0. The Kier molecular flexibility index (Phi) is 30.5.